The maximum atomic E-state index is 11.9. The number of carbonyl (C=O) groups excluding carboxylic acids is 2. The molecular weight excluding hydrogens is 220 g/mol. The van der Waals surface area contributed by atoms with Gasteiger partial charge in [-0.05, 0) is 20.3 Å². The molecule has 0 saturated carbocycles. The van der Waals surface area contributed by atoms with Crippen molar-refractivity contribution < 1.29 is 14.3 Å². The van der Waals surface area contributed by atoms with Crippen LogP contribution in [0.25, 0.3) is 0 Å². The van der Waals surface area contributed by atoms with Crippen molar-refractivity contribution in [2.24, 2.45) is 11.7 Å². The molecule has 17 heavy (non-hydrogen) atoms. The molecule has 0 aliphatic heterocycles. The van der Waals surface area contributed by atoms with Crippen molar-refractivity contribution in [3.8, 4) is 0 Å². The standard InChI is InChI=1S/C12H24N2O3/c1-6-7-12(4,11(16)17-5)14-10(15)8(2)9(3)13/h8-9H,6-7,13H2,1-5H3,(H,14,15). The Morgan fingerprint density at radius 1 is 1.41 bits per heavy atom. The van der Waals surface area contributed by atoms with E-state index in [0.717, 1.165) is 6.42 Å². The third kappa shape index (κ3) is 4.34. The van der Waals surface area contributed by atoms with E-state index >= 15 is 0 Å². The van der Waals surface area contributed by atoms with Crippen LogP contribution < -0.4 is 11.1 Å². The lowest BCUT2D eigenvalue weighted by Gasteiger charge is -2.29. The number of hydrogen-bond acceptors (Lipinski definition) is 4. The van der Waals surface area contributed by atoms with E-state index in [2.05, 4.69) is 5.32 Å². The van der Waals surface area contributed by atoms with E-state index in [9.17, 15) is 9.59 Å². The van der Waals surface area contributed by atoms with Crippen molar-refractivity contribution in [2.45, 2.75) is 52.1 Å². The fraction of sp³-hybridized carbons (Fsp3) is 0.833. The summed E-state index contributed by atoms with van der Waals surface area (Å²) in [4.78, 5) is 23.6. The minimum Gasteiger partial charge on any atom is -0.467 e. The van der Waals surface area contributed by atoms with Crippen molar-refractivity contribution in [3.63, 3.8) is 0 Å². The predicted molar refractivity (Wildman–Crippen MR) is 66.3 cm³/mol. The van der Waals surface area contributed by atoms with Crippen LogP contribution >= 0.6 is 0 Å². The minimum absolute atomic E-state index is 0.221. The molecule has 0 bridgehead atoms. The summed E-state index contributed by atoms with van der Waals surface area (Å²) >= 11 is 0. The summed E-state index contributed by atoms with van der Waals surface area (Å²) in [6.45, 7) is 7.12. The average molecular weight is 244 g/mol. The Kier molecular flexibility index (Phi) is 6.16. The topological polar surface area (TPSA) is 81.4 Å². The van der Waals surface area contributed by atoms with Crippen LogP contribution in [0, 0.1) is 5.92 Å². The average Bonchev–Trinajstić information content (AvgIpc) is 2.26. The van der Waals surface area contributed by atoms with Gasteiger partial charge in [0.05, 0.1) is 7.11 Å². The highest BCUT2D eigenvalue weighted by atomic mass is 16.5. The molecule has 3 atom stereocenters. The highest BCUT2D eigenvalue weighted by Gasteiger charge is 2.36. The number of carbonyl (C=O) groups is 2. The second-order valence-electron chi connectivity index (χ2n) is 4.71. The summed E-state index contributed by atoms with van der Waals surface area (Å²) in [6, 6.07) is -0.251. The third-order valence-electron chi connectivity index (χ3n) is 2.99. The highest BCUT2D eigenvalue weighted by Crippen LogP contribution is 2.15. The second-order valence-corrected chi connectivity index (χ2v) is 4.71. The zero-order chi connectivity index (χ0) is 13.6. The van der Waals surface area contributed by atoms with Gasteiger partial charge in [0, 0.05) is 12.0 Å². The van der Waals surface area contributed by atoms with Crippen LogP contribution in [-0.4, -0.2) is 30.6 Å². The van der Waals surface area contributed by atoms with Crippen LogP contribution in [0.4, 0.5) is 0 Å². The molecule has 0 aliphatic rings. The van der Waals surface area contributed by atoms with Gasteiger partial charge < -0.3 is 15.8 Å². The first kappa shape index (κ1) is 15.9. The molecule has 0 aromatic carbocycles. The van der Waals surface area contributed by atoms with Gasteiger partial charge in [-0.2, -0.15) is 0 Å². The molecule has 0 rings (SSSR count). The number of nitrogens with one attached hydrogen (secondary N) is 1. The molecule has 0 saturated heterocycles. The lowest BCUT2D eigenvalue weighted by molar-refractivity contribution is -0.151. The van der Waals surface area contributed by atoms with Crippen molar-refractivity contribution in [2.75, 3.05) is 7.11 Å². The normalized spacial score (nSPS) is 17.8. The van der Waals surface area contributed by atoms with E-state index in [4.69, 9.17) is 10.5 Å². The summed E-state index contributed by atoms with van der Waals surface area (Å²) in [7, 11) is 1.32. The number of hydrogen-bond donors (Lipinski definition) is 2. The number of nitrogens with two attached hydrogens (primary N) is 1. The first-order valence-corrected chi connectivity index (χ1v) is 5.94. The number of rotatable bonds is 6. The van der Waals surface area contributed by atoms with E-state index < -0.39 is 11.5 Å². The van der Waals surface area contributed by atoms with Gasteiger partial charge in [0.2, 0.25) is 5.91 Å². The van der Waals surface area contributed by atoms with E-state index in [1.54, 1.807) is 20.8 Å². The van der Waals surface area contributed by atoms with Gasteiger partial charge in [-0.1, -0.05) is 20.3 Å². The molecule has 0 fully saturated rings. The number of methoxy groups -OCH3 is 1. The lowest BCUT2D eigenvalue weighted by Crippen LogP contribution is -2.55. The van der Waals surface area contributed by atoms with Gasteiger partial charge in [-0.25, -0.2) is 4.79 Å². The summed E-state index contributed by atoms with van der Waals surface area (Å²) in [5.41, 5.74) is 4.69. The van der Waals surface area contributed by atoms with Crippen LogP contribution in [0.3, 0.4) is 0 Å². The quantitative estimate of drug-likeness (QED) is 0.678. The minimum atomic E-state index is -0.969. The SMILES string of the molecule is CCCC(C)(NC(=O)C(C)C(C)N)C(=O)OC. The van der Waals surface area contributed by atoms with Gasteiger partial charge >= 0.3 is 5.97 Å². The predicted octanol–water partition coefficient (Wildman–Crippen LogP) is 0.818. The Labute approximate surface area is 103 Å². The van der Waals surface area contributed by atoms with E-state index in [1.165, 1.54) is 7.11 Å². The van der Waals surface area contributed by atoms with Crippen LogP contribution in [0.15, 0.2) is 0 Å². The monoisotopic (exact) mass is 244 g/mol. The van der Waals surface area contributed by atoms with Crippen LogP contribution in [0.2, 0.25) is 0 Å². The Morgan fingerprint density at radius 3 is 2.29 bits per heavy atom. The Balaban J connectivity index is 4.76. The van der Waals surface area contributed by atoms with Gasteiger partial charge in [-0.3, -0.25) is 4.79 Å². The van der Waals surface area contributed by atoms with Crippen molar-refractivity contribution in [3.05, 3.63) is 0 Å². The smallest absolute Gasteiger partial charge is 0.331 e. The van der Waals surface area contributed by atoms with Gasteiger partial charge in [0.25, 0.3) is 0 Å². The van der Waals surface area contributed by atoms with Crippen molar-refractivity contribution in [1.29, 1.82) is 0 Å². The summed E-state index contributed by atoms with van der Waals surface area (Å²) in [5, 5.41) is 2.73. The number of ether oxygens (including phenoxy) is 1. The van der Waals surface area contributed by atoms with E-state index in [0.29, 0.717) is 6.42 Å². The molecule has 5 nitrogen and oxygen atoms in total. The van der Waals surface area contributed by atoms with Crippen LogP contribution in [-0.2, 0) is 14.3 Å². The van der Waals surface area contributed by atoms with Gasteiger partial charge in [-0.15, -0.1) is 0 Å². The lowest BCUT2D eigenvalue weighted by atomic mass is 9.94. The molecule has 0 aromatic heterocycles. The summed E-state index contributed by atoms with van der Waals surface area (Å²) in [5.74, 6) is -0.984. The third-order valence-corrected chi connectivity index (χ3v) is 2.99. The second kappa shape index (κ2) is 6.59. The summed E-state index contributed by atoms with van der Waals surface area (Å²) < 4.78 is 4.72. The molecule has 5 heteroatoms. The molecule has 0 heterocycles. The molecule has 0 spiro atoms. The molecule has 0 aliphatic carbocycles. The molecule has 1 amide bonds. The molecule has 100 valence electrons. The van der Waals surface area contributed by atoms with Gasteiger partial charge in [0.15, 0.2) is 0 Å². The highest BCUT2D eigenvalue weighted by molar-refractivity contribution is 5.88. The molecular formula is C12H24N2O3. The summed E-state index contributed by atoms with van der Waals surface area (Å²) in [6.07, 6.45) is 1.32. The van der Waals surface area contributed by atoms with Crippen LogP contribution in [0.5, 0.6) is 0 Å². The first-order valence-electron chi connectivity index (χ1n) is 5.94. The Morgan fingerprint density at radius 2 is 1.94 bits per heavy atom. The molecule has 0 radical (unpaired) electrons. The zero-order valence-corrected chi connectivity index (χ0v) is 11.4. The maximum Gasteiger partial charge on any atom is 0.331 e. The van der Waals surface area contributed by atoms with E-state index in [-0.39, 0.29) is 17.9 Å². The maximum absolute atomic E-state index is 11.9. The molecule has 0 aromatic rings. The fourth-order valence-electron chi connectivity index (χ4n) is 1.57. The van der Waals surface area contributed by atoms with Crippen molar-refractivity contribution >= 4 is 11.9 Å². The van der Waals surface area contributed by atoms with E-state index in [1.807, 2.05) is 6.92 Å². The van der Waals surface area contributed by atoms with Crippen molar-refractivity contribution in [1.82, 2.24) is 5.32 Å². The van der Waals surface area contributed by atoms with Gasteiger partial charge in [0.1, 0.15) is 5.54 Å². The number of esters is 1. The first-order chi connectivity index (χ1) is 7.78. The largest absolute Gasteiger partial charge is 0.467 e. The Bertz CT molecular complexity index is 279. The fourth-order valence-corrected chi connectivity index (χ4v) is 1.57. The number of amides is 1. The van der Waals surface area contributed by atoms with Crippen LogP contribution in [0.1, 0.15) is 40.5 Å². The molecule has 3 unspecified atom stereocenters. The Hall–Kier alpha value is -1.10. The zero-order valence-electron chi connectivity index (χ0n) is 11.4. The molecule has 3 N–H and O–H groups in total.